The summed E-state index contributed by atoms with van der Waals surface area (Å²) in [5, 5.41) is 13.0. The lowest BCUT2D eigenvalue weighted by atomic mass is 9.80. The van der Waals surface area contributed by atoms with Crippen LogP contribution in [0.2, 0.25) is 0 Å². The van der Waals surface area contributed by atoms with Crippen molar-refractivity contribution in [1.82, 2.24) is 9.97 Å². The Kier molecular flexibility index (Phi) is 2.48. The van der Waals surface area contributed by atoms with Gasteiger partial charge in [0.1, 0.15) is 17.5 Å². The molecule has 0 bridgehead atoms. The first-order chi connectivity index (χ1) is 7.07. The van der Waals surface area contributed by atoms with Crippen molar-refractivity contribution in [1.29, 1.82) is 0 Å². The molecule has 0 saturated heterocycles. The van der Waals surface area contributed by atoms with Gasteiger partial charge in [0, 0.05) is 12.6 Å². The van der Waals surface area contributed by atoms with Crippen LogP contribution >= 0.6 is 0 Å². The van der Waals surface area contributed by atoms with Gasteiger partial charge in [-0.25, -0.2) is 9.97 Å². The Labute approximate surface area is 88.7 Å². The Hall–Kier alpha value is -1.36. The smallest absolute Gasteiger partial charge is 0.131 e. The van der Waals surface area contributed by atoms with E-state index >= 15 is 0 Å². The number of aryl methyl sites for hydroxylation is 1. The fourth-order valence-electron chi connectivity index (χ4n) is 1.70. The van der Waals surface area contributed by atoms with Crippen molar-refractivity contribution in [2.45, 2.75) is 31.8 Å². The molecule has 4 N–H and O–H groups in total. The van der Waals surface area contributed by atoms with E-state index in [1.807, 2.05) is 0 Å². The molecular formula is C10H16N4O. The number of hydrogen-bond acceptors (Lipinski definition) is 5. The average molecular weight is 208 g/mol. The van der Waals surface area contributed by atoms with E-state index in [-0.39, 0.29) is 0 Å². The Morgan fingerprint density at radius 3 is 2.80 bits per heavy atom. The fraction of sp³-hybridized carbons (Fsp3) is 0.600. The predicted octanol–water partition coefficient (Wildman–Crippen LogP) is 0.694. The lowest BCUT2D eigenvalue weighted by Gasteiger charge is -2.36. The van der Waals surface area contributed by atoms with E-state index in [0.717, 1.165) is 19.3 Å². The maximum absolute atomic E-state index is 9.87. The second-order valence-corrected chi connectivity index (χ2v) is 4.16. The van der Waals surface area contributed by atoms with Gasteiger partial charge in [0.05, 0.1) is 5.60 Å². The predicted molar refractivity (Wildman–Crippen MR) is 58.5 cm³/mol. The quantitative estimate of drug-likeness (QED) is 0.680. The second-order valence-electron chi connectivity index (χ2n) is 4.16. The van der Waals surface area contributed by atoms with Crippen LogP contribution in [0.3, 0.4) is 0 Å². The summed E-state index contributed by atoms with van der Waals surface area (Å²) in [5.74, 6) is 1.77. The average Bonchev–Trinajstić information content (AvgIpc) is 2.10. The Bertz CT molecular complexity index is 342. The summed E-state index contributed by atoms with van der Waals surface area (Å²) in [6.45, 7) is 2.32. The van der Waals surface area contributed by atoms with Crippen LogP contribution in [0.25, 0.3) is 0 Å². The van der Waals surface area contributed by atoms with Gasteiger partial charge >= 0.3 is 0 Å². The second kappa shape index (κ2) is 3.66. The fourth-order valence-corrected chi connectivity index (χ4v) is 1.70. The van der Waals surface area contributed by atoms with Crippen LogP contribution < -0.4 is 11.1 Å². The Morgan fingerprint density at radius 2 is 2.27 bits per heavy atom. The molecule has 0 unspecified atom stereocenters. The zero-order valence-corrected chi connectivity index (χ0v) is 8.82. The molecule has 0 aliphatic heterocycles. The van der Waals surface area contributed by atoms with E-state index in [9.17, 15) is 5.11 Å². The van der Waals surface area contributed by atoms with Crippen molar-refractivity contribution >= 4 is 11.6 Å². The minimum atomic E-state index is -0.548. The van der Waals surface area contributed by atoms with E-state index in [4.69, 9.17) is 5.73 Å². The SMILES string of the molecule is Cc1nc(N)cc(NCC2(O)CCC2)n1. The molecular weight excluding hydrogens is 192 g/mol. The number of nitrogens with one attached hydrogen (secondary N) is 1. The topological polar surface area (TPSA) is 84.1 Å². The monoisotopic (exact) mass is 208 g/mol. The highest BCUT2D eigenvalue weighted by Crippen LogP contribution is 2.31. The van der Waals surface area contributed by atoms with Crippen LogP contribution in [0.1, 0.15) is 25.1 Å². The van der Waals surface area contributed by atoms with Crippen molar-refractivity contribution in [3.8, 4) is 0 Å². The van der Waals surface area contributed by atoms with Gasteiger partial charge in [0.15, 0.2) is 0 Å². The van der Waals surface area contributed by atoms with Crippen LogP contribution in [0.5, 0.6) is 0 Å². The first kappa shape index (κ1) is 10.2. The highest BCUT2D eigenvalue weighted by atomic mass is 16.3. The van der Waals surface area contributed by atoms with E-state index in [1.165, 1.54) is 0 Å². The number of nitrogens with zero attached hydrogens (tertiary/aromatic N) is 2. The molecule has 82 valence electrons. The third kappa shape index (κ3) is 2.36. The summed E-state index contributed by atoms with van der Waals surface area (Å²) in [7, 11) is 0. The standard InChI is InChI=1S/C10H16N4O/c1-7-13-8(11)5-9(14-7)12-6-10(15)3-2-4-10/h5,15H,2-4,6H2,1H3,(H3,11,12,13,14). The van der Waals surface area contributed by atoms with E-state index in [0.29, 0.717) is 24.0 Å². The number of anilines is 2. The molecule has 1 aromatic heterocycles. The molecule has 15 heavy (non-hydrogen) atoms. The molecule has 2 rings (SSSR count). The summed E-state index contributed by atoms with van der Waals surface area (Å²) in [4.78, 5) is 8.16. The van der Waals surface area contributed by atoms with Gasteiger partial charge in [-0.05, 0) is 26.2 Å². The van der Waals surface area contributed by atoms with Crippen LogP contribution in [-0.2, 0) is 0 Å². The lowest BCUT2D eigenvalue weighted by molar-refractivity contribution is -0.0202. The molecule has 1 saturated carbocycles. The number of nitrogen functional groups attached to an aromatic ring is 1. The lowest BCUT2D eigenvalue weighted by Crippen LogP contribution is -2.43. The van der Waals surface area contributed by atoms with Crippen LogP contribution in [0.15, 0.2) is 6.07 Å². The molecule has 5 nitrogen and oxygen atoms in total. The molecule has 1 aliphatic rings. The van der Waals surface area contributed by atoms with Crippen LogP contribution in [0, 0.1) is 6.92 Å². The van der Waals surface area contributed by atoms with E-state index in [1.54, 1.807) is 13.0 Å². The summed E-state index contributed by atoms with van der Waals surface area (Å²) in [6, 6.07) is 1.68. The summed E-state index contributed by atoms with van der Waals surface area (Å²) in [6.07, 6.45) is 2.82. The Morgan fingerprint density at radius 1 is 1.53 bits per heavy atom. The van der Waals surface area contributed by atoms with Gasteiger partial charge in [-0.2, -0.15) is 0 Å². The summed E-state index contributed by atoms with van der Waals surface area (Å²) >= 11 is 0. The number of rotatable bonds is 3. The van der Waals surface area contributed by atoms with Gasteiger partial charge < -0.3 is 16.2 Å². The highest BCUT2D eigenvalue weighted by molar-refractivity contribution is 5.44. The summed E-state index contributed by atoms with van der Waals surface area (Å²) in [5.41, 5.74) is 5.04. The molecule has 1 aromatic rings. The van der Waals surface area contributed by atoms with Crippen LogP contribution in [-0.4, -0.2) is 27.2 Å². The third-order valence-corrected chi connectivity index (χ3v) is 2.74. The molecule has 0 radical (unpaired) electrons. The third-order valence-electron chi connectivity index (χ3n) is 2.74. The molecule has 5 heteroatoms. The molecule has 0 spiro atoms. The molecule has 0 amide bonds. The molecule has 1 fully saturated rings. The van der Waals surface area contributed by atoms with Crippen molar-refractivity contribution in [2.75, 3.05) is 17.6 Å². The van der Waals surface area contributed by atoms with Crippen molar-refractivity contribution < 1.29 is 5.11 Å². The van der Waals surface area contributed by atoms with Gasteiger partial charge in [-0.1, -0.05) is 0 Å². The van der Waals surface area contributed by atoms with E-state index < -0.39 is 5.60 Å². The van der Waals surface area contributed by atoms with Crippen LogP contribution in [0.4, 0.5) is 11.6 Å². The van der Waals surface area contributed by atoms with Crippen molar-refractivity contribution in [3.63, 3.8) is 0 Å². The van der Waals surface area contributed by atoms with E-state index in [2.05, 4.69) is 15.3 Å². The van der Waals surface area contributed by atoms with Gasteiger partial charge in [0.25, 0.3) is 0 Å². The number of aliphatic hydroxyl groups is 1. The number of hydrogen-bond donors (Lipinski definition) is 3. The normalized spacial score (nSPS) is 18.3. The number of nitrogens with two attached hydrogens (primary N) is 1. The first-order valence-electron chi connectivity index (χ1n) is 5.15. The summed E-state index contributed by atoms with van der Waals surface area (Å²) < 4.78 is 0. The minimum absolute atomic E-state index is 0.450. The molecule has 1 aliphatic carbocycles. The zero-order valence-electron chi connectivity index (χ0n) is 8.82. The minimum Gasteiger partial charge on any atom is -0.388 e. The van der Waals surface area contributed by atoms with Crippen molar-refractivity contribution in [2.24, 2.45) is 0 Å². The zero-order chi connectivity index (χ0) is 10.9. The van der Waals surface area contributed by atoms with Gasteiger partial charge in [0.2, 0.25) is 0 Å². The molecule has 0 atom stereocenters. The maximum atomic E-state index is 9.87. The van der Waals surface area contributed by atoms with Gasteiger partial charge in [-0.3, -0.25) is 0 Å². The maximum Gasteiger partial charge on any atom is 0.131 e. The van der Waals surface area contributed by atoms with Gasteiger partial charge in [-0.15, -0.1) is 0 Å². The highest BCUT2D eigenvalue weighted by Gasteiger charge is 2.33. The molecule has 0 aromatic carbocycles. The largest absolute Gasteiger partial charge is 0.388 e. The Balaban J connectivity index is 1.98. The van der Waals surface area contributed by atoms with Crippen molar-refractivity contribution in [3.05, 3.63) is 11.9 Å². The first-order valence-corrected chi connectivity index (χ1v) is 5.15. The number of aromatic nitrogens is 2. The molecule has 1 heterocycles.